The molecular formula is C22H35N5O2. The Morgan fingerprint density at radius 2 is 1.79 bits per heavy atom. The summed E-state index contributed by atoms with van der Waals surface area (Å²) in [6.45, 7) is 15.9. The highest BCUT2D eigenvalue weighted by Gasteiger charge is 2.48. The summed E-state index contributed by atoms with van der Waals surface area (Å²) in [4.78, 5) is 24.4. The van der Waals surface area contributed by atoms with Gasteiger partial charge in [0.25, 0.3) is 0 Å². The van der Waals surface area contributed by atoms with Gasteiger partial charge in [0.1, 0.15) is 11.9 Å². The van der Waals surface area contributed by atoms with Gasteiger partial charge in [0, 0.05) is 45.5 Å². The zero-order valence-corrected chi connectivity index (χ0v) is 18.3. The summed E-state index contributed by atoms with van der Waals surface area (Å²) in [6.07, 6.45) is 4.43. The molecule has 1 aromatic rings. The molecule has 1 saturated carbocycles. The maximum atomic E-state index is 12.3. The molecule has 2 atom stereocenters. The largest absolute Gasteiger partial charge is 0.446 e. The molecule has 3 fully saturated rings. The van der Waals surface area contributed by atoms with Crippen LogP contribution in [0.25, 0.3) is 0 Å². The SMILES string of the molecule is CC(C)c1cn2c(n1)CN(C(C)(C)N1CC3CN(C(=O)OC4CC4)CC3C1)CC2. The van der Waals surface area contributed by atoms with Crippen LogP contribution in [0.3, 0.4) is 0 Å². The molecule has 0 radical (unpaired) electrons. The number of likely N-dealkylation sites (tertiary alicyclic amines) is 2. The van der Waals surface area contributed by atoms with Gasteiger partial charge in [-0.25, -0.2) is 9.78 Å². The van der Waals surface area contributed by atoms with Crippen LogP contribution >= 0.6 is 0 Å². The van der Waals surface area contributed by atoms with Crippen molar-refractivity contribution in [3.8, 4) is 0 Å². The lowest BCUT2D eigenvalue weighted by Crippen LogP contribution is -2.58. The monoisotopic (exact) mass is 401 g/mol. The van der Waals surface area contributed by atoms with E-state index in [1.807, 2.05) is 4.90 Å². The summed E-state index contributed by atoms with van der Waals surface area (Å²) in [7, 11) is 0. The predicted molar refractivity (Wildman–Crippen MR) is 110 cm³/mol. The molecule has 7 heteroatoms. The number of aromatic nitrogens is 2. The van der Waals surface area contributed by atoms with Gasteiger partial charge >= 0.3 is 6.09 Å². The molecule has 7 nitrogen and oxygen atoms in total. The number of carbonyl (C=O) groups is 1. The third kappa shape index (κ3) is 3.56. The van der Waals surface area contributed by atoms with Crippen molar-refractivity contribution >= 4 is 6.09 Å². The number of imidazole rings is 1. The lowest BCUT2D eigenvalue weighted by Gasteiger charge is -2.47. The van der Waals surface area contributed by atoms with Crippen LogP contribution in [0.1, 0.15) is 58.0 Å². The van der Waals surface area contributed by atoms with Crippen molar-refractivity contribution in [1.82, 2.24) is 24.3 Å². The van der Waals surface area contributed by atoms with Crippen LogP contribution in [0.4, 0.5) is 4.79 Å². The summed E-state index contributed by atoms with van der Waals surface area (Å²) in [6, 6.07) is 0. The number of amides is 1. The fourth-order valence-corrected chi connectivity index (χ4v) is 5.21. The molecule has 0 aromatic carbocycles. The first-order valence-electron chi connectivity index (χ1n) is 11.3. The van der Waals surface area contributed by atoms with Gasteiger partial charge in [-0.05, 0) is 44.4 Å². The van der Waals surface area contributed by atoms with Crippen molar-refractivity contribution in [2.24, 2.45) is 11.8 Å². The van der Waals surface area contributed by atoms with E-state index in [9.17, 15) is 4.79 Å². The number of hydrogen-bond donors (Lipinski definition) is 0. The Labute approximate surface area is 174 Å². The van der Waals surface area contributed by atoms with Gasteiger partial charge in [0.2, 0.25) is 0 Å². The molecule has 3 aliphatic heterocycles. The van der Waals surface area contributed by atoms with Crippen molar-refractivity contribution in [1.29, 1.82) is 0 Å². The van der Waals surface area contributed by atoms with Crippen LogP contribution < -0.4 is 0 Å². The van der Waals surface area contributed by atoms with Crippen molar-refractivity contribution in [3.05, 3.63) is 17.7 Å². The molecule has 0 spiro atoms. The Morgan fingerprint density at radius 3 is 2.41 bits per heavy atom. The van der Waals surface area contributed by atoms with E-state index >= 15 is 0 Å². The van der Waals surface area contributed by atoms with Crippen LogP contribution in [0.5, 0.6) is 0 Å². The molecule has 5 rings (SSSR count). The second-order valence-corrected chi connectivity index (χ2v) is 10.3. The molecule has 0 bridgehead atoms. The number of rotatable bonds is 4. The Hall–Kier alpha value is -1.60. The van der Waals surface area contributed by atoms with E-state index in [1.54, 1.807) is 0 Å². The number of fused-ring (bicyclic) bond motifs is 2. The van der Waals surface area contributed by atoms with Crippen molar-refractivity contribution in [2.45, 2.75) is 71.3 Å². The maximum Gasteiger partial charge on any atom is 0.410 e. The molecular weight excluding hydrogens is 366 g/mol. The highest BCUT2D eigenvalue weighted by molar-refractivity contribution is 5.68. The van der Waals surface area contributed by atoms with Gasteiger partial charge in [-0.3, -0.25) is 9.80 Å². The summed E-state index contributed by atoms with van der Waals surface area (Å²) in [5.74, 6) is 2.81. The zero-order chi connectivity index (χ0) is 20.3. The fourth-order valence-electron chi connectivity index (χ4n) is 5.21. The van der Waals surface area contributed by atoms with Gasteiger partial charge < -0.3 is 14.2 Å². The average molecular weight is 402 g/mol. The fraction of sp³-hybridized carbons (Fsp3) is 0.818. The molecule has 4 heterocycles. The van der Waals surface area contributed by atoms with Crippen molar-refractivity contribution in [3.63, 3.8) is 0 Å². The molecule has 4 aliphatic rings. The minimum absolute atomic E-state index is 0.00111. The van der Waals surface area contributed by atoms with E-state index in [0.29, 0.717) is 17.8 Å². The van der Waals surface area contributed by atoms with Gasteiger partial charge in [0.05, 0.1) is 17.9 Å². The third-order valence-corrected chi connectivity index (χ3v) is 7.50. The van der Waals surface area contributed by atoms with Crippen LogP contribution in [-0.2, 0) is 17.8 Å². The zero-order valence-electron chi connectivity index (χ0n) is 18.3. The Morgan fingerprint density at radius 1 is 1.10 bits per heavy atom. The van der Waals surface area contributed by atoms with E-state index in [1.165, 1.54) is 11.5 Å². The number of nitrogens with zero attached hydrogens (tertiary/aromatic N) is 5. The molecule has 1 amide bonds. The Balaban J connectivity index is 1.21. The van der Waals surface area contributed by atoms with E-state index in [4.69, 9.17) is 9.72 Å². The van der Waals surface area contributed by atoms with Crippen LogP contribution in [0.15, 0.2) is 6.20 Å². The van der Waals surface area contributed by atoms with E-state index < -0.39 is 0 Å². The lowest BCUT2D eigenvalue weighted by molar-refractivity contribution is -0.0409. The summed E-state index contributed by atoms with van der Waals surface area (Å²) < 4.78 is 7.84. The molecule has 160 valence electrons. The summed E-state index contributed by atoms with van der Waals surface area (Å²) >= 11 is 0. The van der Waals surface area contributed by atoms with Crippen LogP contribution in [0, 0.1) is 11.8 Å². The van der Waals surface area contributed by atoms with Crippen LogP contribution in [0.2, 0.25) is 0 Å². The number of ether oxygens (including phenoxy) is 1. The molecule has 1 aromatic heterocycles. The van der Waals surface area contributed by atoms with Crippen molar-refractivity contribution < 1.29 is 9.53 Å². The van der Waals surface area contributed by atoms with E-state index in [0.717, 1.165) is 58.7 Å². The third-order valence-electron chi connectivity index (χ3n) is 7.50. The van der Waals surface area contributed by atoms with Gasteiger partial charge in [-0.1, -0.05) is 13.8 Å². The van der Waals surface area contributed by atoms with Gasteiger partial charge in [0.15, 0.2) is 0 Å². The summed E-state index contributed by atoms with van der Waals surface area (Å²) in [5, 5.41) is 0. The predicted octanol–water partition coefficient (Wildman–Crippen LogP) is 2.72. The quantitative estimate of drug-likeness (QED) is 0.777. The number of carbonyl (C=O) groups excluding carboxylic acids is 1. The maximum absolute atomic E-state index is 12.3. The Kier molecular flexibility index (Phi) is 4.66. The van der Waals surface area contributed by atoms with E-state index in [2.05, 4.69) is 48.3 Å². The first kappa shape index (κ1) is 19.4. The van der Waals surface area contributed by atoms with Crippen molar-refractivity contribution in [2.75, 3.05) is 32.7 Å². The smallest absolute Gasteiger partial charge is 0.410 e. The summed E-state index contributed by atoms with van der Waals surface area (Å²) in [5.41, 5.74) is 1.20. The number of hydrogen-bond acceptors (Lipinski definition) is 5. The Bertz CT molecular complexity index is 770. The second-order valence-electron chi connectivity index (χ2n) is 10.3. The highest BCUT2D eigenvalue weighted by atomic mass is 16.6. The van der Waals surface area contributed by atoms with Gasteiger partial charge in [-0.15, -0.1) is 0 Å². The first-order chi connectivity index (χ1) is 13.8. The standard InChI is InChI=1S/C22H35N5O2/c1-15(2)19-13-24-7-8-26(14-20(24)23-19)22(3,4)27-11-16-9-25(10-17(16)12-27)21(28)29-18-5-6-18/h13,15-18H,5-12,14H2,1-4H3. The topological polar surface area (TPSA) is 53.8 Å². The molecule has 29 heavy (non-hydrogen) atoms. The molecule has 2 saturated heterocycles. The van der Waals surface area contributed by atoms with Gasteiger partial charge in [-0.2, -0.15) is 0 Å². The first-order valence-corrected chi connectivity index (χ1v) is 11.3. The molecule has 1 aliphatic carbocycles. The van der Waals surface area contributed by atoms with E-state index in [-0.39, 0.29) is 17.9 Å². The highest BCUT2D eigenvalue weighted by Crippen LogP contribution is 2.38. The second kappa shape index (κ2) is 6.98. The lowest BCUT2D eigenvalue weighted by atomic mass is 10.0. The average Bonchev–Trinajstić information content (AvgIpc) is 3.07. The molecule has 2 unspecified atom stereocenters. The van der Waals surface area contributed by atoms with Crippen LogP contribution in [-0.4, -0.2) is 74.8 Å². The minimum Gasteiger partial charge on any atom is -0.446 e. The normalized spacial score (nSPS) is 28.1. The molecule has 0 N–H and O–H groups in total. The minimum atomic E-state index is -0.0865.